The molecule has 0 heterocycles. The molecule has 29 heavy (non-hydrogen) atoms. The highest BCUT2D eigenvalue weighted by Gasteiger charge is 2.42. The van der Waals surface area contributed by atoms with Gasteiger partial charge in [0.25, 0.3) is 0 Å². The molecular weight excluding hydrogens is 417 g/mol. The van der Waals surface area contributed by atoms with Crippen LogP contribution in [0.2, 0.25) is 0 Å². The Morgan fingerprint density at radius 2 is 1.59 bits per heavy atom. The average molecular weight is 436 g/mol. The van der Waals surface area contributed by atoms with Gasteiger partial charge in [-0.25, -0.2) is 0 Å². The number of unbranched alkanes of at least 4 members (excludes halogenated alkanes) is 1. The van der Waals surface area contributed by atoms with E-state index in [1.807, 2.05) is 6.92 Å². The zero-order valence-electron chi connectivity index (χ0n) is 15.7. The van der Waals surface area contributed by atoms with Gasteiger partial charge in [-0.2, -0.15) is 26.3 Å². The maximum Gasteiger partial charge on any atom is 0.417 e. The Morgan fingerprint density at radius 3 is 2.07 bits per heavy atom. The summed E-state index contributed by atoms with van der Waals surface area (Å²) in [7, 11) is -0.890. The predicted molar refractivity (Wildman–Crippen MR) is 100 cm³/mol. The molecule has 0 aromatic heterocycles. The molecule has 2 rings (SSSR count). The lowest BCUT2D eigenvalue weighted by Crippen LogP contribution is -2.19. The standard InChI is InChI=1S/C20H19F6O2P/c1-3-4-10-28-13-8-9-16(12(2)11-13)29-18(27)17-14(19(21,22)23)6-5-7-15(17)20(24,25)26/h5-9,11,29H,3-4,10H2,1-2H3. The molecule has 0 amide bonds. The highest BCUT2D eigenvalue weighted by Crippen LogP contribution is 2.41. The van der Waals surface area contributed by atoms with Crippen molar-refractivity contribution in [2.24, 2.45) is 0 Å². The third kappa shape index (κ3) is 5.95. The molecule has 0 saturated carbocycles. The van der Waals surface area contributed by atoms with Crippen LogP contribution in [0.15, 0.2) is 36.4 Å². The first kappa shape index (κ1) is 23.2. The molecule has 0 N–H and O–H groups in total. The van der Waals surface area contributed by atoms with E-state index in [9.17, 15) is 31.1 Å². The number of aryl methyl sites for hydroxylation is 1. The number of carbonyl (C=O) groups is 1. The highest BCUT2D eigenvalue weighted by atomic mass is 31.1. The molecule has 0 aliphatic carbocycles. The van der Waals surface area contributed by atoms with Crippen LogP contribution in [-0.2, 0) is 12.4 Å². The molecule has 0 saturated heterocycles. The van der Waals surface area contributed by atoms with E-state index in [0.29, 0.717) is 41.4 Å². The second-order valence-corrected chi connectivity index (χ2v) is 7.60. The Kier molecular flexibility index (Phi) is 7.33. The van der Waals surface area contributed by atoms with Gasteiger partial charge in [-0.05, 0) is 57.1 Å². The van der Waals surface area contributed by atoms with Crippen molar-refractivity contribution in [1.29, 1.82) is 0 Å². The summed E-state index contributed by atoms with van der Waals surface area (Å²) < 4.78 is 85.1. The van der Waals surface area contributed by atoms with Gasteiger partial charge in [0.1, 0.15) is 5.75 Å². The lowest BCUT2D eigenvalue weighted by Gasteiger charge is -2.18. The normalized spacial score (nSPS) is 12.6. The van der Waals surface area contributed by atoms with Crippen LogP contribution in [0.3, 0.4) is 0 Å². The van der Waals surface area contributed by atoms with E-state index in [1.54, 1.807) is 19.1 Å². The molecule has 0 spiro atoms. The lowest BCUT2D eigenvalue weighted by atomic mass is 10.0. The van der Waals surface area contributed by atoms with E-state index in [2.05, 4.69) is 0 Å². The first-order chi connectivity index (χ1) is 13.4. The van der Waals surface area contributed by atoms with Crippen molar-refractivity contribution >= 4 is 19.4 Å². The fraction of sp³-hybridized carbons (Fsp3) is 0.350. The van der Waals surface area contributed by atoms with Crippen LogP contribution in [0.25, 0.3) is 0 Å². The van der Waals surface area contributed by atoms with Gasteiger partial charge in [-0.15, -0.1) is 0 Å². The number of carbonyl (C=O) groups excluding carboxylic acids is 1. The number of benzene rings is 2. The monoisotopic (exact) mass is 436 g/mol. The molecule has 2 aromatic carbocycles. The quantitative estimate of drug-likeness (QED) is 0.287. The van der Waals surface area contributed by atoms with Gasteiger partial charge in [-0.3, -0.25) is 4.79 Å². The minimum absolute atomic E-state index is 0.364. The molecule has 0 radical (unpaired) electrons. The smallest absolute Gasteiger partial charge is 0.417 e. The van der Waals surface area contributed by atoms with E-state index in [1.165, 1.54) is 6.07 Å². The van der Waals surface area contributed by atoms with Gasteiger partial charge >= 0.3 is 12.4 Å². The van der Waals surface area contributed by atoms with Gasteiger partial charge in [-0.1, -0.05) is 25.5 Å². The van der Waals surface area contributed by atoms with Crippen LogP contribution in [0.1, 0.15) is 46.8 Å². The summed E-state index contributed by atoms with van der Waals surface area (Å²) in [6.07, 6.45) is -8.38. The molecule has 2 aromatic rings. The molecule has 1 unspecified atom stereocenters. The van der Waals surface area contributed by atoms with Crippen LogP contribution in [0.4, 0.5) is 26.3 Å². The molecule has 158 valence electrons. The number of hydrogen-bond acceptors (Lipinski definition) is 2. The Labute approximate surface area is 166 Å². The van der Waals surface area contributed by atoms with Crippen molar-refractivity contribution in [2.45, 2.75) is 39.0 Å². The lowest BCUT2D eigenvalue weighted by molar-refractivity contribution is -0.143. The summed E-state index contributed by atoms with van der Waals surface area (Å²) >= 11 is 0. The zero-order valence-corrected chi connectivity index (χ0v) is 16.7. The number of alkyl halides is 6. The summed E-state index contributed by atoms with van der Waals surface area (Å²) in [5, 5.41) is 0.364. The number of ether oxygens (including phenoxy) is 1. The average Bonchev–Trinajstić information content (AvgIpc) is 2.62. The van der Waals surface area contributed by atoms with Gasteiger partial charge in [0.15, 0.2) is 5.52 Å². The van der Waals surface area contributed by atoms with Crippen LogP contribution < -0.4 is 10.0 Å². The van der Waals surface area contributed by atoms with Crippen molar-refractivity contribution in [3.63, 3.8) is 0 Å². The topological polar surface area (TPSA) is 26.3 Å². The zero-order chi connectivity index (χ0) is 21.8. The van der Waals surface area contributed by atoms with E-state index >= 15 is 0 Å². The molecule has 9 heteroatoms. The third-order valence-corrected chi connectivity index (χ3v) is 5.42. The molecule has 0 fully saturated rings. The first-order valence-corrected chi connectivity index (χ1v) is 9.77. The van der Waals surface area contributed by atoms with Crippen LogP contribution >= 0.6 is 8.58 Å². The largest absolute Gasteiger partial charge is 0.494 e. The van der Waals surface area contributed by atoms with Crippen LogP contribution in [0, 0.1) is 6.92 Å². The van der Waals surface area contributed by atoms with E-state index in [0.717, 1.165) is 12.8 Å². The molecular formula is C20H19F6O2P. The van der Waals surface area contributed by atoms with Crippen molar-refractivity contribution < 1.29 is 35.9 Å². The van der Waals surface area contributed by atoms with E-state index in [-0.39, 0.29) is 0 Å². The maximum absolute atomic E-state index is 13.3. The van der Waals surface area contributed by atoms with Crippen LogP contribution in [-0.4, -0.2) is 12.1 Å². The molecule has 0 bridgehead atoms. The van der Waals surface area contributed by atoms with Crippen molar-refractivity contribution in [3.05, 3.63) is 58.7 Å². The second kappa shape index (κ2) is 9.16. The maximum atomic E-state index is 13.3. The van der Waals surface area contributed by atoms with Crippen molar-refractivity contribution in [2.75, 3.05) is 6.61 Å². The Hall–Kier alpha value is -2.08. The number of rotatable bonds is 7. The fourth-order valence-electron chi connectivity index (χ4n) is 2.65. The first-order valence-electron chi connectivity index (χ1n) is 8.77. The molecule has 2 nitrogen and oxygen atoms in total. The Bertz CT molecular complexity index is 842. The summed E-state index contributed by atoms with van der Waals surface area (Å²) in [6.45, 7) is 4.12. The summed E-state index contributed by atoms with van der Waals surface area (Å²) in [5.74, 6) is 0.531. The summed E-state index contributed by atoms with van der Waals surface area (Å²) in [6, 6.07) is 6.30. The Morgan fingerprint density at radius 1 is 1.00 bits per heavy atom. The third-order valence-electron chi connectivity index (χ3n) is 4.12. The van der Waals surface area contributed by atoms with E-state index in [4.69, 9.17) is 4.74 Å². The van der Waals surface area contributed by atoms with Gasteiger partial charge in [0.2, 0.25) is 0 Å². The molecule has 1 atom stereocenters. The van der Waals surface area contributed by atoms with Crippen LogP contribution in [0.5, 0.6) is 5.75 Å². The van der Waals surface area contributed by atoms with E-state index < -0.39 is 43.1 Å². The predicted octanol–water partition coefficient (Wildman–Crippen LogP) is 6.36. The number of hydrogen-bond donors (Lipinski definition) is 0. The number of halogens is 6. The van der Waals surface area contributed by atoms with Crippen molar-refractivity contribution in [1.82, 2.24) is 0 Å². The highest BCUT2D eigenvalue weighted by molar-refractivity contribution is 7.66. The Balaban J connectivity index is 2.38. The second-order valence-electron chi connectivity index (χ2n) is 6.36. The summed E-state index contributed by atoms with van der Waals surface area (Å²) in [4.78, 5) is 12.6. The molecule has 0 aliphatic rings. The van der Waals surface area contributed by atoms with Crippen molar-refractivity contribution in [3.8, 4) is 5.75 Å². The van der Waals surface area contributed by atoms with Gasteiger partial charge < -0.3 is 4.74 Å². The van der Waals surface area contributed by atoms with Gasteiger partial charge in [0.05, 0.1) is 17.7 Å². The van der Waals surface area contributed by atoms with Gasteiger partial charge in [0, 0.05) is 5.56 Å². The summed E-state index contributed by atoms with van der Waals surface area (Å²) in [5.41, 5.74) is -5.16. The molecule has 0 aliphatic heterocycles. The minimum Gasteiger partial charge on any atom is -0.494 e. The fourth-order valence-corrected chi connectivity index (χ4v) is 3.73. The minimum atomic E-state index is -5.08. The SMILES string of the molecule is CCCCOc1ccc(PC(=O)c2c(C(F)(F)F)cccc2C(F)(F)F)c(C)c1.